The van der Waals surface area contributed by atoms with E-state index in [2.05, 4.69) is 4.98 Å². The zero-order valence-electron chi connectivity index (χ0n) is 17.8. The fourth-order valence-corrected chi connectivity index (χ4v) is 4.65. The highest BCUT2D eigenvalue weighted by Crippen LogP contribution is 2.35. The highest BCUT2D eigenvalue weighted by atomic mass is 35.5. The van der Waals surface area contributed by atoms with Gasteiger partial charge in [-0.1, -0.05) is 41.1 Å². The van der Waals surface area contributed by atoms with E-state index in [1.54, 1.807) is 17.4 Å². The Hall–Kier alpha value is -2.61. The lowest BCUT2D eigenvalue weighted by Crippen LogP contribution is -2.36. The lowest BCUT2D eigenvalue weighted by atomic mass is 10.2. The van der Waals surface area contributed by atoms with Crippen LogP contribution in [0.25, 0.3) is 10.2 Å². The summed E-state index contributed by atoms with van der Waals surface area (Å²) in [6.45, 7) is 5.20. The van der Waals surface area contributed by atoms with E-state index in [1.807, 2.05) is 61.0 Å². The van der Waals surface area contributed by atoms with Crippen molar-refractivity contribution in [2.24, 2.45) is 0 Å². The first-order chi connectivity index (χ1) is 15.0. The molecule has 0 radical (unpaired) electrons. The summed E-state index contributed by atoms with van der Waals surface area (Å²) in [5.41, 5.74) is 2.95. The Kier molecular flexibility index (Phi) is 8.12. The van der Waals surface area contributed by atoms with Crippen LogP contribution in [-0.4, -0.2) is 33.6 Å². The topological polar surface area (TPSA) is 60.2 Å². The van der Waals surface area contributed by atoms with Crippen molar-refractivity contribution in [1.29, 1.82) is 0 Å². The van der Waals surface area contributed by atoms with Gasteiger partial charge in [-0.25, -0.2) is 9.97 Å². The normalized spacial score (nSPS) is 10.7. The molecular formula is C23H24Cl2N4O2S. The first-order valence-corrected chi connectivity index (χ1v) is 11.2. The largest absolute Gasteiger partial charge is 0.484 e. The van der Waals surface area contributed by atoms with E-state index in [-0.39, 0.29) is 24.9 Å². The van der Waals surface area contributed by atoms with Gasteiger partial charge in [-0.05, 0) is 49.6 Å². The highest BCUT2D eigenvalue weighted by Gasteiger charge is 2.21. The predicted molar refractivity (Wildman–Crippen MR) is 132 cm³/mol. The molecule has 168 valence electrons. The van der Waals surface area contributed by atoms with Crippen molar-refractivity contribution < 1.29 is 9.53 Å². The molecule has 0 aliphatic carbocycles. The summed E-state index contributed by atoms with van der Waals surface area (Å²) in [7, 11) is 0. The van der Waals surface area contributed by atoms with Gasteiger partial charge in [0.1, 0.15) is 5.75 Å². The molecule has 0 atom stereocenters. The fourth-order valence-electron chi connectivity index (χ4n) is 3.29. The summed E-state index contributed by atoms with van der Waals surface area (Å²) in [4.78, 5) is 23.7. The number of carbonyl (C=O) groups excluding carboxylic acids is 1. The smallest absolute Gasteiger partial charge is 0.266 e. The molecule has 0 fully saturated rings. The summed E-state index contributed by atoms with van der Waals surface area (Å²) in [5, 5.41) is 1.28. The maximum atomic E-state index is 13.2. The molecule has 0 spiro atoms. The first kappa shape index (κ1) is 24.0. The van der Waals surface area contributed by atoms with Crippen LogP contribution in [0.3, 0.4) is 0 Å². The molecule has 2 aromatic heterocycles. The zero-order chi connectivity index (χ0) is 21.8. The van der Waals surface area contributed by atoms with E-state index in [0.29, 0.717) is 22.4 Å². The Labute approximate surface area is 202 Å². The molecule has 0 saturated carbocycles. The number of benzene rings is 2. The Morgan fingerprint density at radius 2 is 2.09 bits per heavy atom. The molecule has 0 aliphatic rings. The molecule has 0 unspecified atom stereocenters. The fraction of sp³-hybridized carbons (Fsp3) is 0.261. The number of nitrogens with zero attached hydrogens (tertiary/aromatic N) is 4. The molecule has 0 saturated heterocycles. The van der Waals surface area contributed by atoms with E-state index >= 15 is 0 Å². The van der Waals surface area contributed by atoms with Gasteiger partial charge >= 0.3 is 0 Å². The van der Waals surface area contributed by atoms with Gasteiger partial charge in [0.2, 0.25) is 0 Å². The van der Waals surface area contributed by atoms with Crippen molar-refractivity contribution in [3.63, 3.8) is 0 Å². The molecule has 0 bridgehead atoms. The SMILES string of the molecule is Cc1cccc(OCC(=O)N(CCCn2ccnc2)c2nc3c(C)ccc(Cl)c3s2)c1.Cl. The maximum Gasteiger partial charge on any atom is 0.266 e. The molecule has 32 heavy (non-hydrogen) atoms. The molecule has 2 heterocycles. The number of imidazole rings is 1. The number of amides is 1. The van der Waals surface area contributed by atoms with Crippen molar-refractivity contribution >= 4 is 56.6 Å². The van der Waals surface area contributed by atoms with E-state index in [1.165, 1.54) is 11.3 Å². The second-order valence-electron chi connectivity index (χ2n) is 7.34. The third-order valence-corrected chi connectivity index (χ3v) is 6.47. The third-order valence-electron chi connectivity index (χ3n) is 4.93. The van der Waals surface area contributed by atoms with E-state index in [4.69, 9.17) is 21.3 Å². The summed E-state index contributed by atoms with van der Waals surface area (Å²) < 4.78 is 8.65. The first-order valence-electron chi connectivity index (χ1n) is 10.0. The average molecular weight is 491 g/mol. The number of ether oxygens (including phenoxy) is 1. The number of aromatic nitrogens is 3. The van der Waals surface area contributed by atoms with Crippen LogP contribution >= 0.6 is 35.3 Å². The number of aryl methyl sites for hydroxylation is 3. The average Bonchev–Trinajstić information content (AvgIpc) is 3.43. The van der Waals surface area contributed by atoms with Gasteiger partial charge in [0.25, 0.3) is 5.91 Å². The molecule has 6 nitrogen and oxygen atoms in total. The van der Waals surface area contributed by atoms with Crippen LogP contribution in [0.15, 0.2) is 55.1 Å². The number of halogens is 2. The van der Waals surface area contributed by atoms with Gasteiger partial charge in [-0.15, -0.1) is 12.4 Å². The van der Waals surface area contributed by atoms with Crippen LogP contribution in [0, 0.1) is 13.8 Å². The molecule has 2 aromatic carbocycles. The summed E-state index contributed by atoms with van der Waals surface area (Å²) in [6, 6.07) is 11.5. The van der Waals surface area contributed by atoms with Crippen LogP contribution in [0.4, 0.5) is 5.13 Å². The van der Waals surface area contributed by atoms with Crippen molar-refractivity contribution in [1.82, 2.24) is 14.5 Å². The van der Waals surface area contributed by atoms with Crippen LogP contribution in [0.1, 0.15) is 17.5 Å². The van der Waals surface area contributed by atoms with Gasteiger partial charge in [-0.3, -0.25) is 9.69 Å². The van der Waals surface area contributed by atoms with Crippen LogP contribution < -0.4 is 9.64 Å². The number of thiazole rings is 1. The summed E-state index contributed by atoms with van der Waals surface area (Å²) >= 11 is 7.82. The quantitative estimate of drug-likeness (QED) is 0.318. The third kappa shape index (κ3) is 5.59. The summed E-state index contributed by atoms with van der Waals surface area (Å²) in [5.74, 6) is 0.537. The van der Waals surface area contributed by atoms with E-state index < -0.39 is 0 Å². The monoisotopic (exact) mass is 490 g/mol. The highest BCUT2D eigenvalue weighted by molar-refractivity contribution is 7.23. The zero-order valence-corrected chi connectivity index (χ0v) is 20.2. The van der Waals surface area contributed by atoms with Crippen molar-refractivity contribution in [3.8, 4) is 5.75 Å². The maximum absolute atomic E-state index is 13.2. The van der Waals surface area contributed by atoms with Gasteiger partial charge < -0.3 is 9.30 Å². The van der Waals surface area contributed by atoms with Crippen molar-refractivity contribution in [3.05, 3.63) is 71.3 Å². The molecule has 0 N–H and O–H groups in total. The van der Waals surface area contributed by atoms with Gasteiger partial charge in [0.15, 0.2) is 11.7 Å². The molecular weight excluding hydrogens is 467 g/mol. The van der Waals surface area contributed by atoms with Gasteiger partial charge in [-0.2, -0.15) is 0 Å². The molecule has 4 aromatic rings. The minimum Gasteiger partial charge on any atom is -0.484 e. The van der Waals surface area contributed by atoms with Crippen molar-refractivity contribution in [2.45, 2.75) is 26.8 Å². The molecule has 9 heteroatoms. The van der Waals surface area contributed by atoms with Crippen LogP contribution in [0.2, 0.25) is 5.02 Å². The second kappa shape index (κ2) is 10.8. The standard InChI is InChI=1S/C23H23ClN4O2S.ClH/c1-16-5-3-6-18(13-16)30-14-20(29)28(11-4-10-27-12-9-25-15-27)23-26-21-17(2)7-8-19(24)22(21)31-23;/h3,5-9,12-13,15H,4,10-11,14H2,1-2H3;1H. The number of hydrogen-bond acceptors (Lipinski definition) is 5. The molecule has 1 amide bonds. The van der Waals surface area contributed by atoms with Crippen molar-refractivity contribution in [2.75, 3.05) is 18.1 Å². The number of anilines is 1. The Balaban J connectivity index is 0.00000289. The minimum atomic E-state index is -0.139. The van der Waals surface area contributed by atoms with E-state index in [0.717, 1.165) is 34.3 Å². The molecule has 4 rings (SSSR count). The lowest BCUT2D eigenvalue weighted by molar-refractivity contribution is -0.120. The number of fused-ring (bicyclic) bond motifs is 1. The number of carbonyl (C=O) groups is 1. The second-order valence-corrected chi connectivity index (χ2v) is 8.73. The van der Waals surface area contributed by atoms with Gasteiger partial charge in [0, 0.05) is 25.5 Å². The van der Waals surface area contributed by atoms with Crippen LogP contribution in [-0.2, 0) is 11.3 Å². The predicted octanol–water partition coefficient (Wildman–Crippen LogP) is 5.69. The Morgan fingerprint density at radius 1 is 1.25 bits per heavy atom. The summed E-state index contributed by atoms with van der Waals surface area (Å²) in [6.07, 6.45) is 6.19. The number of hydrogen-bond donors (Lipinski definition) is 0. The number of rotatable bonds is 8. The Bertz CT molecular complexity index is 1160. The van der Waals surface area contributed by atoms with Crippen LogP contribution in [0.5, 0.6) is 5.75 Å². The lowest BCUT2D eigenvalue weighted by Gasteiger charge is -2.20. The molecule has 0 aliphatic heterocycles. The minimum absolute atomic E-state index is 0. The Morgan fingerprint density at radius 3 is 2.81 bits per heavy atom. The van der Waals surface area contributed by atoms with Gasteiger partial charge in [0.05, 0.1) is 21.6 Å². The van der Waals surface area contributed by atoms with E-state index in [9.17, 15) is 4.79 Å².